The molecule has 1 aliphatic heterocycles. The fourth-order valence-corrected chi connectivity index (χ4v) is 2.62. The molecule has 2 aromatic carbocycles. The normalized spacial score (nSPS) is 17.1. The van der Waals surface area contributed by atoms with E-state index in [9.17, 15) is 0 Å². The highest BCUT2D eigenvalue weighted by molar-refractivity contribution is 5.49. The summed E-state index contributed by atoms with van der Waals surface area (Å²) in [5.74, 6) is 1.98. The van der Waals surface area contributed by atoms with E-state index in [2.05, 4.69) is 50.3 Å². The van der Waals surface area contributed by atoms with Gasteiger partial charge in [0.05, 0.1) is 6.54 Å². The molecule has 0 radical (unpaired) electrons. The lowest BCUT2D eigenvalue weighted by molar-refractivity contribution is 0.397. The molecule has 1 atom stereocenters. The number of para-hydroxylation sites is 1. The molecule has 0 bridgehead atoms. The summed E-state index contributed by atoms with van der Waals surface area (Å²) in [6, 6.07) is 14.8. The molecule has 1 aliphatic rings. The van der Waals surface area contributed by atoms with Gasteiger partial charge in [0.1, 0.15) is 11.5 Å². The third kappa shape index (κ3) is 2.23. The minimum absolute atomic E-state index is 0.220. The Labute approximate surface area is 119 Å². The maximum atomic E-state index is 5.82. The van der Waals surface area contributed by atoms with Crippen LogP contribution in [0, 0.1) is 13.8 Å². The Morgan fingerprint density at radius 1 is 1.05 bits per heavy atom. The topological polar surface area (TPSA) is 35.2 Å². The SMILES string of the molecule is Cc1ccc(C2C=C(CN)Oc3ccccc32)cc1C. The van der Waals surface area contributed by atoms with Crippen molar-refractivity contribution in [2.75, 3.05) is 6.54 Å². The van der Waals surface area contributed by atoms with Crippen molar-refractivity contribution in [3.63, 3.8) is 0 Å². The molecule has 102 valence electrons. The van der Waals surface area contributed by atoms with Crippen LogP contribution in [0.4, 0.5) is 0 Å². The van der Waals surface area contributed by atoms with Crippen LogP contribution in [0.2, 0.25) is 0 Å². The summed E-state index contributed by atoms with van der Waals surface area (Å²) in [6.45, 7) is 4.71. The first-order chi connectivity index (χ1) is 9.69. The maximum absolute atomic E-state index is 5.82. The van der Waals surface area contributed by atoms with Crippen LogP contribution in [0.5, 0.6) is 5.75 Å². The Kier molecular flexibility index (Phi) is 3.33. The minimum Gasteiger partial charge on any atom is -0.460 e. The van der Waals surface area contributed by atoms with Gasteiger partial charge in [-0.25, -0.2) is 0 Å². The average Bonchev–Trinajstić information content (AvgIpc) is 2.49. The van der Waals surface area contributed by atoms with Crippen LogP contribution in [-0.2, 0) is 0 Å². The molecule has 2 N–H and O–H groups in total. The maximum Gasteiger partial charge on any atom is 0.131 e. The zero-order valence-corrected chi connectivity index (χ0v) is 11.9. The second kappa shape index (κ2) is 5.14. The summed E-state index contributed by atoms with van der Waals surface area (Å²) in [6.07, 6.45) is 2.13. The van der Waals surface area contributed by atoms with Gasteiger partial charge in [-0.15, -0.1) is 0 Å². The van der Waals surface area contributed by atoms with Crippen molar-refractivity contribution in [1.82, 2.24) is 0 Å². The minimum atomic E-state index is 0.220. The van der Waals surface area contributed by atoms with Crippen molar-refractivity contribution in [3.8, 4) is 5.75 Å². The van der Waals surface area contributed by atoms with Gasteiger partial charge in [0.25, 0.3) is 0 Å². The van der Waals surface area contributed by atoms with Crippen LogP contribution in [-0.4, -0.2) is 6.54 Å². The van der Waals surface area contributed by atoms with E-state index in [4.69, 9.17) is 10.5 Å². The molecule has 3 rings (SSSR count). The molecular weight excluding hydrogens is 246 g/mol. The largest absolute Gasteiger partial charge is 0.460 e. The fourth-order valence-electron chi connectivity index (χ4n) is 2.62. The third-order valence-corrected chi connectivity index (χ3v) is 3.94. The Hall–Kier alpha value is -2.06. The summed E-state index contributed by atoms with van der Waals surface area (Å²) >= 11 is 0. The highest BCUT2D eigenvalue weighted by Gasteiger charge is 2.22. The van der Waals surface area contributed by atoms with E-state index in [1.54, 1.807) is 0 Å². The molecule has 1 heterocycles. The fraction of sp³-hybridized carbons (Fsp3) is 0.222. The van der Waals surface area contributed by atoms with Gasteiger partial charge in [0, 0.05) is 11.5 Å². The van der Waals surface area contributed by atoms with Gasteiger partial charge in [-0.1, -0.05) is 36.4 Å². The summed E-state index contributed by atoms with van der Waals surface area (Å²) in [4.78, 5) is 0. The first-order valence-corrected chi connectivity index (χ1v) is 6.93. The molecule has 2 aromatic rings. The molecule has 0 saturated carbocycles. The van der Waals surface area contributed by atoms with Crippen molar-refractivity contribution in [3.05, 3.63) is 76.6 Å². The second-order valence-electron chi connectivity index (χ2n) is 5.30. The van der Waals surface area contributed by atoms with Crippen LogP contribution >= 0.6 is 0 Å². The molecule has 0 amide bonds. The van der Waals surface area contributed by atoms with Crippen molar-refractivity contribution in [2.24, 2.45) is 5.73 Å². The van der Waals surface area contributed by atoms with E-state index in [0.717, 1.165) is 11.5 Å². The van der Waals surface area contributed by atoms with Gasteiger partial charge < -0.3 is 10.5 Å². The number of allylic oxidation sites excluding steroid dienone is 1. The lowest BCUT2D eigenvalue weighted by Gasteiger charge is -2.25. The molecular formula is C18H19NO. The lowest BCUT2D eigenvalue weighted by atomic mass is 9.87. The summed E-state index contributed by atoms with van der Waals surface area (Å²) < 4.78 is 5.82. The average molecular weight is 265 g/mol. The highest BCUT2D eigenvalue weighted by Crippen LogP contribution is 2.38. The number of ether oxygens (including phenoxy) is 1. The highest BCUT2D eigenvalue weighted by atomic mass is 16.5. The van der Waals surface area contributed by atoms with Crippen molar-refractivity contribution in [1.29, 1.82) is 0 Å². The quantitative estimate of drug-likeness (QED) is 0.899. The summed E-state index contributed by atoms with van der Waals surface area (Å²) in [5.41, 5.74) is 10.9. The van der Waals surface area contributed by atoms with Crippen molar-refractivity contribution in [2.45, 2.75) is 19.8 Å². The predicted molar refractivity (Wildman–Crippen MR) is 82.0 cm³/mol. The number of fused-ring (bicyclic) bond motifs is 1. The standard InChI is InChI=1S/C18H19NO/c1-12-7-8-14(9-13(12)2)17-10-15(11-19)20-18-6-4-3-5-16(17)18/h3-10,17H,11,19H2,1-2H3. The Morgan fingerprint density at radius 2 is 1.85 bits per heavy atom. The van der Waals surface area contributed by atoms with Gasteiger partial charge in [-0.05, 0) is 42.7 Å². The van der Waals surface area contributed by atoms with Gasteiger partial charge in [-0.2, -0.15) is 0 Å². The summed E-state index contributed by atoms with van der Waals surface area (Å²) in [5, 5.41) is 0. The number of benzene rings is 2. The predicted octanol–water partition coefficient (Wildman–Crippen LogP) is 3.67. The van der Waals surface area contributed by atoms with Crippen molar-refractivity contribution >= 4 is 0 Å². The molecule has 1 unspecified atom stereocenters. The smallest absolute Gasteiger partial charge is 0.131 e. The Bertz CT molecular complexity index is 673. The zero-order chi connectivity index (χ0) is 14.1. The number of hydrogen-bond donors (Lipinski definition) is 1. The van der Waals surface area contributed by atoms with E-state index in [1.165, 1.54) is 22.3 Å². The molecule has 0 fully saturated rings. The molecule has 0 spiro atoms. The lowest BCUT2D eigenvalue weighted by Crippen LogP contribution is -2.16. The zero-order valence-electron chi connectivity index (χ0n) is 11.9. The first kappa shape index (κ1) is 12.9. The first-order valence-electron chi connectivity index (χ1n) is 6.93. The van der Waals surface area contributed by atoms with E-state index in [1.807, 2.05) is 12.1 Å². The van der Waals surface area contributed by atoms with E-state index < -0.39 is 0 Å². The Morgan fingerprint density at radius 3 is 2.60 bits per heavy atom. The monoisotopic (exact) mass is 265 g/mol. The molecule has 0 aliphatic carbocycles. The van der Waals surface area contributed by atoms with Crippen LogP contribution in [0.25, 0.3) is 0 Å². The number of rotatable bonds is 2. The number of aryl methyl sites for hydroxylation is 2. The van der Waals surface area contributed by atoms with Gasteiger partial charge in [-0.3, -0.25) is 0 Å². The molecule has 2 heteroatoms. The number of nitrogens with two attached hydrogens (primary N) is 1. The summed E-state index contributed by atoms with van der Waals surface area (Å²) in [7, 11) is 0. The second-order valence-corrected chi connectivity index (χ2v) is 5.30. The van der Waals surface area contributed by atoms with Gasteiger partial charge >= 0.3 is 0 Å². The third-order valence-electron chi connectivity index (χ3n) is 3.94. The van der Waals surface area contributed by atoms with Crippen LogP contribution < -0.4 is 10.5 Å². The van der Waals surface area contributed by atoms with Crippen LogP contribution in [0.1, 0.15) is 28.2 Å². The van der Waals surface area contributed by atoms with Crippen LogP contribution in [0.15, 0.2) is 54.3 Å². The molecule has 20 heavy (non-hydrogen) atoms. The van der Waals surface area contributed by atoms with Crippen molar-refractivity contribution < 1.29 is 4.74 Å². The van der Waals surface area contributed by atoms with Crippen LogP contribution in [0.3, 0.4) is 0 Å². The molecule has 0 saturated heterocycles. The Balaban J connectivity index is 2.11. The van der Waals surface area contributed by atoms with Gasteiger partial charge in [0.15, 0.2) is 0 Å². The van der Waals surface area contributed by atoms with E-state index in [-0.39, 0.29) is 5.92 Å². The molecule has 0 aromatic heterocycles. The van der Waals surface area contributed by atoms with E-state index in [0.29, 0.717) is 6.54 Å². The van der Waals surface area contributed by atoms with E-state index >= 15 is 0 Å². The van der Waals surface area contributed by atoms with Gasteiger partial charge in [0.2, 0.25) is 0 Å². The number of hydrogen-bond acceptors (Lipinski definition) is 2. The molecule has 2 nitrogen and oxygen atoms in total.